The monoisotopic (exact) mass is 238 g/mol. The highest BCUT2D eigenvalue weighted by Gasteiger charge is 2.23. The third-order valence-electron chi connectivity index (χ3n) is 2.83. The Balaban J connectivity index is 1.93. The standard InChI is InChI=1S/C12H18N2OS/c1-13-7-3-2-4-10-5-6-11-12(8-10)16(15)9-14-11/h5-6,8,13-14H,2-4,7,9H2,1H3. The van der Waals surface area contributed by atoms with Gasteiger partial charge in [-0.15, -0.1) is 0 Å². The average molecular weight is 238 g/mol. The van der Waals surface area contributed by atoms with Gasteiger partial charge in [-0.25, -0.2) is 0 Å². The molecule has 4 heteroatoms. The molecule has 0 aromatic heterocycles. The van der Waals surface area contributed by atoms with E-state index in [1.807, 2.05) is 13.1 Å². The van der Waals surface area contributed by atoms with Gasteiger partial charge < -0.3 is 15.2 Å². The third kappa shape index (κ3) is 2.70. The molecule has 1 aliphatic heterocycles. The Kier molecular flexibility index (Phi) is 4.09. The maximum absolute atomic E-state index is 11.6. The summed E-state index contributed by atoms with van der Waals surface area (Å²) in [5.41, 5.74) is 2.34. The van der Waals surface area contributed by atoms with Crippen LogP contribution < -0.4 is 10.6 Å². The van der Waals surface area contributed by atoms with E-state index < -0.39 is 11.2 Å². The lowest BCUT2D eigenvalue weighted by Crippen LogP contribution is -2.07. The number of unbranched alkanes of at least 4 members (excludes halogenated alkanes) is 1. The topological polar surface area (TPSA) is 47.1 Å². The van der Waals surface area contributed by atoms with Gasteiger partial charge in [0.15, 0.2) is 10.8 Å². The van der Waals surface area contributed by atoms with Crippen LogP contribution in [0.25, 0.3) is 0 Å². The summed E-state index contributed by atoms with van der Waals surface area (Å²) in [5, 5.41) is 6.29. The van der Waals surface area contributed by atoms with Gasteiger partial charge in [-0.2, -0.15) is 0 Å². The van der Waals surface area contributed by atoms with Crippen molar-refractivity contribution in [2.24, 2.45) is 0 Å². The number of hydrogen-bond acceptors (Lipinski definition) is 3. The smallest absolute Gasteiger partial charge is 0.181 e. The lowest BCUT2D eigenvalue weighted by molar-refractivity contribution is 0.599. The van der Waals surface area contributed by atoms with Crippen molar-refractivity contribution in [3.8, 4) is 0 Å². The first-order valence-electron chi connectivity index (χ1n) is 5.71. The lowest BCUT2D eigenvalue weighted by Gasteiger charge is -2.05. The van der Waals surface area contributed by atoms with Crippen LogP contribution in [0.4, 0.5) is 5.69 Å². The van der Waals surface area contributed by atoms with Crippen LogP contribution in [0.15, 0.2) is 23.1 Å². The van der Waals surface area contributed by atoms with E-state index in [1.54, 1.807) is 0 Å². The fraction of sp³-hybridized carbons (Fsp3) is 0.500. The summed E-state index contributed by atoms with van der Waals surface area (Å²) in [6, 6.07) is 6.27. The fourth-order valence-corrected chi connectivity index (χ4v) is 3.02. The zero-order chi connectivity index (χ0) is 11.4. The van der Waals surface area contributed by atoms with Gasteiger partial charge in [-0.1, -0.05) is 6.07 Å². The molecule has 1 atom stereocenters. The second-order valence-corrected chi connectivity index (χ2v) is 5.48. The van der Waals surface area contributed by atoms with Crippen molar-refractivity contribution in [2.45, 2.75) is 24.2 Å². The predicted octanol–water partition coefficient (Wildman–Crippen LogP) is 1.72. The number of hydrogen-bond donors (Lipinski definition) is 2. The van der Waals surface area contributed by atoms with Crippen LogP contribution in [0.5, 0.6) is 0 Å². The molecule has 16 heavy (non-hydrogen) atoms. The minimum Gasteiger partial charge on any atom is -0.610 e. The number of benzene rings is 1. The molecule has 2 rings (SSSR count). The molecule has 0 saturated carbocycles. The van der Waals surface area contributed by atoms with Crippen LogP contribution in [0, 0.1) is 0 Å². The molecule has 0 spiro atoms. The van der Waals surface area contributed by atoms with Gasteiger partial charge in [0.05, 0.1) is 5.69 Å². The number of rotatable bonds is 5. The lowest BCUT2D eigenvalue weighted by atomic mass is 10.1. The van der Waals surface area contributed by atoms with Crippen molar-refractivity contribution < 1.29 is 4.55 Å². The first-order chi connectivity index (χ1) is 7.81. The Morgan fingerprint density at radius 3 is 3.12 bits per heavy atom. The molecule has 2 N–H and O–H groups in total. The Bertz CT molecular complexity index is 357. The molecule has 1 unspecified atom stereocenters. The van der Waals surface area contributed by atoms with E-state index in [2.05, 4.69) is 22.8 Å². The van der Waals surface area contributed by atoms with Crippen molar-refractivity contribution in [2.75, 3.05) is 24.8 Å². The second kappa shape index (κ2) is 5.57. The highest BCUT2D eigenvalue weighted by molar-refractivity contribution is 7.92. The van der Waals surface area contributed by atoms with Gasteiger partial charge >= 0.3 is 0 Å². The summed E-state index contributed by atoms with van der Waals surface area (Å²) in [6.45, 7) is 1.07. The summed E-state index contributed by atoms with van der Waals surface area (Å²) >= 11 is -0.840. The molecule has 0 fully saturated rings. The number of fused-ring (bicyclic) bond motifs is 1. The SMILES string of the molecule is CNCCCCc1ccc2c(c1)[S+]([O-])CN2. The van der Waals surface area contributed by atoms with E-state index in [0.29, 0.717) is 5.88 Å². The molecule has 3 nitrogen and oxygen atoms in total. The molecule has 0 aliphatic carbocycles. The minimum atomic E-state index is -0.840. The molecule has 1 aromatic carbocycles. The summed E-state index contributed by atoms with van der Waals surface area (Å²) < 4.78 is 11.6. The third-order valence-corrected chi connectivity index (χ3v) is 4.06. The van der Waals surface area contributed by atoms with Gasteiger partial charge in [0.2, 0.25) is 0 Å². The first-order valence-corrected chi connectivity index (χ1v) is 7.03. The molecule has 1 heterocycles. The number of nitrogens with one attached hydrogen (secondary N) is 2. The molecule has 0 radical (unpaired) electrons. The Hall–Kier alpha value is -0.710. The molecule has 0 saturated heterocycles. The van der Waals surface area contributed by atoms with E-state index in [-0.39, 0.29) is 0 Å². The van der Waals surface area contributed by atoms with Crippen LogP contribution in [0.1, 0.15) is 18.4 Å². The quantitative estimate of drug-likeness (QED) is 0.606. The molecule has 0 amide bonds. The van der Waals surface area contributed by atoms with Crippen molar-refractivity contribution in [3.05, 3.63) is 23.8 Å². The van der Waals surface area contributed by atoms with Gasteiger partial charge in [0.1, 0.15) is 0 Å². The van der Waals surface area contributed by atoms with E-state index in [1.165, 1.54) is 18.4 Å². The van der Waals surface area contributed by atoms with Gasteiger partial charge in [0.25, 0.3) is 0 Å². The summed E-state index contributed by atoms with van der Waals surface area (Å²) in [5.74, 6) is 0.568. The zero-order valence-electron chi connectivity index (χ0n) is 9.58. The van der Waals surface area contributed by atoms with E-state index in [9.17, 15) is 4.55 Å². The van der Waals surface area contributed by atoms with Crippen molar-refractivity contribution >= 4 is 16.9 Å². The number of anilines is 1. The van der Waals surface area contributed by atoms with Crippen LogP contribution >= 0.6 is 0 Å². The maximum Gasteiger partial charge on any atom is 0.181 e. The highest BCUT2D eigenvalue weighted by Crippen LogP contribution is 2.29. The first kappa shape index (κ1) is 11.8. The second-order valence-electron chi connectivity index (χ2n) is 4.06. The molecule has 88 valence electrons. The summed E-state index contributed by atoms with van der Waals surface area (Å²) in [4.78, 5) is 0.978. The maximum atomic E-state index is 11.6. The van der Waals surface area contributed by atoms with Crippen LogP contribution in [-0.4, -0.2) is 24.0 Å². The Labute approximate surface area is 99.8 Å². The largest absolute Gasteiger partial charge is 0.610 e. The van der Waals surface area contributed by atoms with Crippen LogP contribution in [0.3, 0.4) is 0 Å². The summed E-state index contributed by atoms with van der Waals surface area (Å²) in [7, 11) is 1.98. The van der Waals surface area contributed by atoms with E-state index in [0.717, 1.165) is 23.5 Å². The van der Waals surface area contributed by atoms with Crippen LogP contribution in [-0.2, 0) is 17.6 Å². The average Bonchev–Trinajstić information content (AvgIpc) is 2.67. The zero-order valence-corrected chi connectivity index (χ0v) is 10.4. The Morgan fingerprint density at radius 1 is 1.44 bits per heavy atom. The molecule has 1 aliphatic rings. The van der Waals surface area contributed by atoms with Gasteiger partial charge in [0, 0.05) is 11.2 Å². The van der Waals surface area contributed by atoms with Crippen LogP contribution in [0.2, 0.25) is 0 Å². The predicted molar refractivity (Wildman–Crippen MR) is 68.2 cm³/mol. The van der Waals surface area contributed by atoms with Crippen molar-refractivity contribution in [1.82, 2.24) is 5.32 Å². The van der Waals surface area contributed by atoms with Crippen molar-refractivity contribution in [1.29, 1.82) is 0 Å². The number of aryl methyl sites for hydroxylation is 1. The molecular weight excluding hydrogens is 220 g/mol. The summed E-state index contributed by atoms with van der Waals surface area (Å²) in [6.07, 6.45) is 3.45. The van der Waals surface area contributed by atoms with Gasteiger partial charge in [-0.3, -0.25) is 0 Å². The fourth-order valence-electron chi connectivity index (χ4n) is 1.91. The minimum absolute atomic E-state index is 0.568. The molecular formula is C12H18N2OS. The normalized spacial score (nSPS) is 18.2. The van der Waals surface area contributed by atoms with Gasteiger partial charge in [-0.05, 0) is 50.6 Å². The van der Waals surface area contributed by atoms with Crippen molar-refractivity contribution in [3.63, 3.8) is 0 Å². The molecule has 1 aromatic rings. The van der Waals surface area contributed by atoms with E-state index >= 15 is 0 Å². The Morgan fingerprint density at radius 2 is 2.31 bits per heavy atom. The molecule has 0 bridgehead atoms. The highest BCUT2D eigenvalue weighted by atomic mass is 32.2. The van der Waals surface area contributed by atoms with E-state index in [4.69, 9.17) is 0 Å².